The van der Waals surface area contributed by atoms with Crippen molar-refractivity contribution in [3.63, 3.8) is 0 Å². The van der Waals surface area contributed by atoms with Crippen LogP contribution in [0.1, 0.15) is 19.8 Å². The minimum atomic E-state index is -0.304. The van der Waals surface area contributed by atoms with E-state index in [1.54, 1.807) is 0 Å². The van der Waals surface area contributed by atoms with Gasteiger partial charge in [-0.2, -0.15) is 0 Å². The third-order valence-corrected chi connectivity index (χ3v) is 1.77. The topological polar surface area (TPSA) is 23.5 Å². The Morgan fingerprint density at radius 1 is 1.55 bits per heavy atom. The highest BCUT2D eigenvalue weighted by atomic mass is 16.3. The molecule has 0 fully saturated rings. The lowest BCUT2D eigenvalue weighted by atomic mass is 10.2. The van der Waals surface area contributed by atoms with Crippen LogP contribution in [0.25, 0.3) is 0 Å². The fourth-order valence-corrected chi connectivity index (χ4v) is 1.13. The van der Waals surface area contributed by atoms with Gasteiger partial charge in [0.25, 0.3) is 0 Å². The van der Waals surface area contributed by atoms with Crippen LogP contribution in [0.15, 0.2) is 24.4 Å². The second kappa shape index (κ2) is 4.19. The second-order valence-electron chi connectivity index (χ2n) is 2.74. The van der Waals surface area contributed by atoms with E-state index < -0.39 is 0 Å². The van der Waals surface area contributed by atoms with Crippen LogP contribution in [0, 0.1) is 0 Å². The van der Waals surface area contributed by atoms with Crippen molar-refractivity contribution in [1.29, 1.82) is 0 Å². The first kappa shape index (κ1) is 8.34. The van der Waals surface area contributed by atoms with Crippen molar-refractivity contribution in [3.05, 3.63) is 24.4 Å². The van der Waals surface area contributed by atoms with Crippen LogP contribution in [0.3, 0.4) is 0 Å². The molecule has 1 heterocycles. The normalized spacial score (nSPS) is 18.9. The molecule has 0 bridgehead atoms. The maximum absolute atomic E-state index is 9.51. The molecule has 62 valence electrons. The summed E-state index contributed by atoms with van der Waals surface area (Å²) in [6, 6.07) is 0. The Morgan fingerprint density at radius 2 is 2.36 bits per heavy atom. The summed E-state index contributed by atoms with van der Waals surface area (Å²) >= 11 is 0. The number of aliphatic hydroxyl groups is 1. The van der Waals surface area contributed by atoms with Crippen LogP contribution in [-0.2, 0) is 0 Å². The number of allylic oxidation sites excluding steroid dienone is 2. The Balaban J connectivity index is 2.35. The molecule has 1 rings (SSSR count). The molecule has 0 aromatic heterocycles. The molecular weight excluding hydrogens is 138 g/mol. The number of hydrogen-bond donors (Lipinski definition) is 1. The fraction of sp³-hybridized carbons (Fsp3) is 0.556. The summed E-state index contributed by atoms with van der Waals surface area (Å²) < 4.78 is 0. The third-order valence-electron chi connectivity index (χ3n) is 1.77. The number of nitrogens with zero attached hydrogens (tertiary/aromatic N) is 1. The molecule has 1 unspecified atom stereocenters. The quantitative estimate of drug-likeness (QED) is 0.664. The van der Waals surface area contributed by atoms with E-state index in [2.05, 4.69) is 6.92 Å². The molecule has 0 spiro atoms. The van der Waals surface area contributed by atoms with Crippen LogP contribution >= 0.6 is 0 Å². The Labute approximate surface area is 67.8 Å². The van der Waals surface area contributed by atoms with Gasteiger partial charge in [-0.3, -0.25) is 0 Å². The molecule has 1 N–H and O–H groups in total. The maximum atomic E-state index is 9.51. The van der Waals surface area contributed by atoms with E-state index in [1.807, 2.05) is 29.3 Å². The smallest absolute Gasteiger partial charge is 0.126 e. The van der Waals surface area contributed by atoms with Crippen molar-refractivity contribution < 1.29 is 5.11 Å². The van der Waals surface area contributed by atoms with Gasteiger partial charge in [0.2, 0.25) is 0 Å². The van der Waals surface area contributed by atoms with E-state index in [9.17, 15) is 5.11 Å². The average molecular weight is 153 g/mol. The summed E-state index contributed by atoms with van der Waals surface area (Å²) in [6.45, 7) is 2.91. The SMILES string of the molecule is CCCC(O)N1C=CC=CC1. The Hall–Kier alpha value is -0.760. The molecule has 1 aliphatic heterocycles. The summed E-state index contributed by atoms with van der Waals surface area (Å²) in [6.07, 6.45) is 9.48. The van der Waals surface area contributed by atoms with E-state index in [0.29, 0.717) is 0 Å². The summed E-state index contributed by atoms with van der Waals surface area (Å²) in [4.78, 5) is 1.93. The third kappa shape index (κ3) is 2.39. The fourth-order valence-electron chi connectivity index (χ4n) is 1.13. The van der Waals surface area contributed by atoms with Gasteiger partial charge in [-0.15, -0.1) is 0 Å². The van der Waals surface area contributed by atoms with Gasteiger partial charge in [0.05, 0.1) is 0 Å². The van der Waals surface area contributed by atoms with E-state index >= 15 is 0 Å². The van der Waals surface area contributed by atoms with Crippen LogP contribution in [0.4, 0.5) is 0 Å². The lowest BCUT2D eigenvalue weighted by Gasteiger charge is -2.26. The maximum Gasteiger partial charge on any atom is 0.126 e. The Kier molecular flexibility index (Phi) is 3.17. The van der Waals surface area contributed by atoms with Gasteiger partial charge in [0, 0.05) is 12.7 Å². The molecule has 11 heavy (non-hydrogen) atoms. The predicted octanol–water partition coefficient (Wildman–Crippen LogP) is 1.49. The highest BCUT2D eigenvalue weighted by Crippen LogP contribution is 2.07. The average Bonchev–Trinajstić information content (AvgIpc) is 2.07. The minimum absolute atomic E-state index is 0.304. The van der Waals surface area contributed by atoms with E-state index in [1.165, 1.54) is 0 Å². The van der Waals surface area contributed by atoms with Crippen molar-refractivity contribution >= 4 is 0 Å². The second-order valence-corrected chi connectivity index (χ2v) is 2.74. The van der Waals surface area contributed by atoms with Crippen LogP contribution in [0.2, 0.25) is 0 Å². The molecular formula is C9H15NO. The van der Waals surface area contributed by atoms with Crippen molar-refractivity contribution in [3.8, 4) is 0 Å². The Morgan fingerprint density at radius 3 is 2.91 bits per heavy atom. The van der Waals surface area contributed by atoms with Crippen molar-refractivity contribution in [2.45, 2.75) is 26.0 Å². The molecule has 0 aromatic carbocycles. The number of rotatable bonds is 3. The van der Waals surface area contributed by atoms with Gasteiger partial charge < -0.3 is 10.0 Å². The number of hydrogen-bond acceptors (Lipinski definition) is 2. The van der Waals surface area contributed by atoms with Gasteiger partial charge in [-0.25, -0.2) is 0 Å². The summed E-state index contributed by atoms with van der Waals surface area (Å²) in [5.74, 6) is 0. The highest BCUT2D eigenvalue weighted by Gasteiger charge is 2.09. The first-order chi connectivity index (χ1) is 5.34. The van der Waals surface area contributed by atoms with Gasteiger partial charge in [-0.1, -0.05) is 25.5 Å². The standard InChI is InChI=1S/C9H15NO/c1-2-6-9(11)10-7-4-3-5-8-10/h3-5,7,9,11H,2,6,8H2,1H3. The molecule has 0 aliphatic carbocycles. The van der Waals surface area contributed by atoms with Crippen LogP contribution in [-0.4, -0.2) is 22.8 Å². The molecule has 0 saturated carbocycles. The van der Waals surface area contributed by atoms with Crippen LogP contribution < -0.4 is 0 Å². The first-order valence-electron chi connectivity index (χ1n) is 4.11. The molecule has 0 amide bonds. The summed E-state index contributed by atoms with van der Waals surface area (Å²) in [7, 11) is 0. The molecule has 1 atom stereocenters. The Bertz CT molecular complexity index is 163. The van der Waals surface area contributed by atoms with Gasteiger partial charge in [0.15, 0.2) is 0 Å². The van der Waals surface area contributed by atoms with Gasteiger partial charge in [-0.05, 0) is 12.5 Å². The van der Waals surface area contributed by atoms with Crippen molar-refractivity contribution in [2.75, 3.05) is 6.54 Å². The zero-order chi connectivity index (χ0) is 8.10. The molecule has 0 radical (unpaired) electrons. The zero-order valence-corrected chi connectivity index (χ0v) is 6.90. The first-order valence-corrected chi connectivity index (χ1v) is 4.11. The molecule has 2 nitrogen and oxygen atoms in total. The molecule has 0 aromatic rings. The summed E-state index contributed by atoms with van der Waals surface area (Å²) in [5.41, 5.74) is 0. The van der Waals surface area contributed by atoms with Crippen molar-refractivity contribution in [1.82, 2.24) is 4.90 Å². The van der Waals surface area contributed by atoms with E-state index in [4.69, 9.17) is 0 Å². The lowest BCUT2D eigenvalue weighted by molar-refractivity contribution is 0.0367. The number of aliphatic hydroxyl groups excluding tert-OH is 1. The minimum Gasteiger partial charge on any atom is -0.374 e. The molecule has 1 aliphatic rings. The lowest BCUT2D eigenvalue weighted by Crippen LogP contribution is -2.31. The van der Waals surface area contributed by atoms with E-state index in [0.717, 1.165) is 19.4 Å². The monoisotopic (exact) mass is 153 g/mol. The van der Waals surface area contributed by atoms with Gasteiger partial charge in [0.1, 0.15) is 6.23 Å². The van der Waals surface area contributed by atoms with Crippen molar-refractivity contribution in [2.24, 2.45) is 0 Å². The largest absolute Gasteiger partial charge is 0.374 e. The molecule has 2 heteroatoms. The molecule has 0 saturated heterocycles. The summed E-state index contributed by atoms with van der Waals surface area (Å²) in [5, 5.41) is 9.51. The van der Waals surface area contributed by atoms with Crippen LogP contribution in [0.5, 0.6) is 0 Å². The predicted molar refractivity (Wildman–Crippen MR) is 45.9 cm³/mol. The zero-order valence-electron chi connectivity index (χ0n) is 6.90. The van der Waals surface area contributed by atoms with E-state index in [-0.39, 0.29) is 6.23 Å². The highest BCUT2D eigenvalue weighted by molar-refractivity contribution is 5.08. The van der Waals surface area contributed by atoms with Gasteiger partial charge >= 0.3 is 0 Å².